The van der Waals surface area contributed by atoms with Crippen LogP contribution in [-0.4, -0.2) is 25.1 Å². The fourth-order valence-corrected chi connectivity index (χ4v) is 3.32. The Hall–Kier alpha value is -3.32. The van der Waals surface area contributed by atoms with Gasteiger partial charge in [-0.25, -0.2) is 4.98 Å². The minimum absolute atomic E-state index is 0.145. The van der Waals surface area contributed by atoms with E-state index < -0.39 is 0 Å². The van der Waals surface area contributed by atoms with E-state index in [0.29, 0.717) is 39.1 Å². The van der Waals surface area contributed by atoms with Crippen molar-refractivity contribution in [1.82, 2.24) is 4.98 Å². The number of aromatic nitrogens is 1. The number of anilines is 1. The average Bonchev–Trinajstić information content (AvgIpc) is 3.37. The molecule has 0 aliphatic heterocycles. The predicted molar refractivity (Wildman–Crippen MR) is 105 cm³/mol. The molecule has 27 heavy (non-hydrogen) atoms. The van der Waals surface area contributed by atoms with Gasteiger partial charge in [-0.1, -0.05) is 6.07 Å². The summed E-state index contributed by atoms with van der Waals surface area (Å²) in [5, 5.41) is 4.74. The Morgan fingerprint density at radius 1 is 1.07 bits per heavy atom. The number of methoxy groups -OCH3 is 2. The van der Waals surface area contributed by atoms with Crippen LogP contribution in [0.25, 0.3) is 22.6 Å². The highest BCUT2D eigenvalue weighted by molar-refractivity contribution is 7.12. The quantitative estimate of drug-likeness (QED) is 0.537. The number of hydrogen-bond donors (Lipinski definition) is 1. The highest BCUT2D eigenvalue weighted by atomic mass is 32.1. The zero-order valence-electron chi connectivity index (χ0n) is 14.7. The lowest BCUT2D eigenvalue weighted by molar-refractivity contribution is 0.103. The number of hydrogen-bond acceptors (Lipinski definition) is 6. The Kier molecular flexibility index (Phi) is 4.52. The monoisotopic (exact) mass is 380 g/mol. The molecule has 0 radical (unpaired) electrons. The van der Waals surface area contributed by atoms with Crippen LogP contribution in [0, 0.1) is 0 Å². The largest absolute Gasteiger partial charge is 0.493 e. The first-order valence-corrected chi connectivity index (χ1v) is 9.04. The van der Waals surface area contributed by atoms with Crippen LogP contribution in [0.1, 0.15) is 9.67 Å². The Morgan fingerprint density at radius 2 is 1.93 bits per heavy atom. The van der Waals surface area contributed by atoms with E-state index >= 15 is 0 Å². The molecular formula is C20H16N2O4S. The number of fused-ring (bicyclic) bond motifs is 1. The average molecular weight is 380 g/mol. The van der Waals surface area contributed by atoms with Gasteiger partial charge in [-0.15, -0.1) is 11.3 Å². The van der Waals surface area contributed by atoms with Crippen LogP contribution < -0.4 is 14.8 Å². The van der Waals surface area contributed by atoms with E-state index in [1.807, 2.05) is 23.6 Å². The summed E-state index contributed by atoms with van der Waals surface area (Å²) in [7, 11) is 3.17. The van der Waals surface area contributed by atoms with Crippen LogP contribution >= 0.6 is 11.3 Å². The van der Waals surface area contributed by atoms with Crippen LogP contribution in [0.3, 0.4) is 0 Å². The van der Waals surface area contributed by atoms with E-state index in [-0.39, 0.29) is 5.91 Å². The first-order valence-electron chi connectivity index (χ1n) is 8.16. The van der Waals surface area contributed by atoms with Gasteiger partial charge in [0.1, 0.15) is 5.52 Å². The molecule has 7 heteroatoms. The Labute approximate surface area is 159 Å². The molecule has 0 unspecified atom stereocenters. The number of ether oxygens (including phenoxy) is 2. The second-order valence-electron chi connectivity index (χ2n) is 5.70. The molecule has 4 rings (SSSR count). The summed E-state index contributed by atoms with van der Waals surface area (Å²) >= 11 is 1.39. The first kappa shape index (κ1) is 17.1. The summed E-state index contributed by atoms with van der Waals surface area (Å²) in [6.45, 7) is 0. The lowest BCUT2D eigenvalue weighted by Crippen LogP contribution is -2.09. The zero-order valence-corrected chi connectivity index (χ0v) is 15.5. The maximum Gasteiger partial charge on any atom is 0.265 e. The molecule has 0 saturated heterocycles. The number of thiophene rings is 1. The van der Waals surface area contributed by atoms with Crippen molar-refractivity contribution in [3.63, 3.8) is 0 Å². The molecule has 2 aromatic carbocycles. The van der Waals surface area contributed by atoms with Gasteiger partial charge in [0.05, 0.1) is 19.1 Å². The SMILES string of the molecule is COc1ccc(-c2nc3cc(NC(=O)c4cccs4)ccc3o2)cc1OC. The number of oxazole rings is 1. The van der Waals surface area contributed by atoms with Crippen molar-refractivity contribution in [2.75, 3.05) is 19.5 Å². The van der Waals surface area contributed by atoms with Gasteiger partial charge in [0.15, 0.2) is 17.1 Å². The van der Waals surface area contributed by atoms with E-state index in [4.69, 9.17) is 13.9 Å². The topological polar surface area (TPSA) is 73.6 Å². The van der Waals surface area contributed by atoms with Crippen molar-refractivity contribution >= 4 is 34.0 Å². The van der Waals surface area contributed by atoms with Crippen molar-refractivity contribution in [3.05, 3.63) is 58.8 Å². The second-order valence-corrected chi connectivity index (χ2v) is 6.65. The van der Waals surface area contributed by atoms with E-state index in [0.717, 1.165) is 5.56 Å². The van der Waals surface area contributed by atoms with Crippen molar-refractivity contribution in [2.24, 2.45) is 0 Å². The molecule has 0 aliphatic rings. The first-order chi connectivity index (χ1) is 13.2. The molecular weight excluding hydrogens is 364 g/mol. The minimum Gasteiger partial charge on any atom is -0.493 e. The molecule has 1 amide bonds. The van der Waals surface area contributed by atoms with Gasteiger partial charge in [-0.3, -0.25) is 4.79 Å². The lowest BCUT2D eigenvalue weighted by atomic mass is 10.2. The number of nitrogens with one attached hydrogen (secondary N) is 1. The van der Waals surface area contributed by atoms with Gasteiger partial charge in [-0.2, -0.15) is 0 Å². The van der Waals surface area contributed by atoms with E-state index in [1.54, 1.807) is 44.6 Å². The zero-order chi connectivity index (χ0) is 18.8. The van der Waals surface area contributed by atoms with Crippen molar-refractivity contribution in [1.29, 1.82) is 0 Å². The Morgan fingerprint density at radius 3 is 2.67 bits per heavy atom. The molecule has 2 heterocycles. The number of benzene rings is 2. The molecule has 136 valence electrons. The summed E-state index contributed by atoms with van der Waals surface area (Å²) in [5.41, 5.74) is 2.72. The van der Waals surface area contributed by atoms with Crippen LogP contribution in [0.5, 0.6) is 11.5 Å². The molecule has 0 fully saturated rings. The van der Waals surface area contributed by atoms with Crippen LogP contribution in [0.15, 0.2) is 58.3 Å². The molecule has 2 aromatic heterocycles. The maximum absolute atomic E-state index is 12.2. The van der Waals surface area contributed by atoms with E-state index in [9.17, 15) is 4.79 Å². The molecule has 0 bridgehead atoms. The summed E-state index contributed by atoms with van der Waals surface area (Å²) in [4.78, 5) is 17.4. The van der Waals surface area contributed by atoms with Gasteiger partial charge in [0, 0.05) is 11.3 Å². The van der Waals surface area contributed by atoms with Gasteiger partial charge in [0.2, 0.25) is 5.89 Å². The molecule has 1 N–H and O–H groups in total. The number of carbonyl (C=O) groups is 1. The third kappa shape index (κ3) is 3.37. The molecule has 0 saturated carbocycles. The molecule has 0 atom stereocenters. The summed E-state index contributed by atoms with van der Waals surface area (Å²) in [5.74, 6) is 1.55. The molecule has 6 nitrogen and oxygen atoms in total. The second kappa shape index (κ2) is 7.13. The smallest absolute Gasteiger partial charge is 0.265 e. The van der Waals surface area contributed by atoms with Crippen molar-refractivity contribution in [2.45, 2.75) is 0 Å². The Bertz CT molecular complexity index is 1100. The third-order valence-electron chi connectivity index (χ3n) is 4.02. The van der Waals surface area contributed by atoms with Gasteiger partial charge >= 0.3 is 0 Å². The molecule has 0 spiro atoms. The summed E-state index contributed by atoms with van der Waals surface area (Å²) in [6, 6.07) is 14.5. The molecule has 0 aliphatic carbocycles. The van der Waals surface area contributed by atoms with E-state index in [1.165, 1.54) is 11.3 Å². The van der Waals surface area contributed by atoms with Crippen molar-refractivity contribution in [3.8, 4) is 23.0 Å². The number of nitrogens with zero attached hydrogens (tertiary/aromatic N) is 1. The Balaban J connectivity index is 1.64. The lowest BCUT2D eigenvalue weighted by Gasteiger charge is -2.07. The number of amides is 1. The third-order valence-corrected chi connectivity index (χ3v) is 4.89. The highest BCUT2D eigenvalue weighted by Crippen LogP contribution is 2.33. The van der Waals surface area contributed by atoms with Crippen LogP contribution in [0.4, 0.5) is 5.69 Å². The van der Waals surface area contributed by atoms with Crippen molar-refractivity contribution < 1.29 is 18.7 Å². The maximum atomic E-state index is 12.2. The fourth-order valence-electron chi connectivity index (χ4n) is 2.70. The number of carbonyl (C=O) groups excluding carboxylic acids is 1. The number of rotatable bonds is 5. The van der Waals surface area contributed by atoms with E-state index in [2.05, 4.69) is 10.3 Å². The standard InChI is InChI=1S/C20H16N2O4S/c1-24-16-7-5-12(10-17(16)25-2)20-22-14-11-13(6-8-15(14)26-20)21-19(23)18-4-3-9-27-18/h3-11H,1-2H3,(H,21,23). The highest BCUT2D eigenvalue weighted by Gasteiger charge is 2.13. The van der Waals surface area contributed by atoms with Crippen LogP contribution in [-0.2, 0) is 0 Å². The van der Waals surface area contributed by atoms with Gasteiger partial charge in [-0.05, 0) is 47.8 Å². The van der Waals surface area contributed by atoms with Crippen LogP contribution in [0.2, 0.25) is 0 Å². The molecule has 4 aromatic rings. The van der Waals surface area contributed by atoms with Gasteiger partial charge in [0.25, 0.3) is 5.91 Å². The summed E-state index contributed by atoms with van der Waals surface area (Å²) < 4.78 is 16.4. The predicted octanol–water partition coefficient (Wildman–Crippen LogP) is 4.83. The minimum atomic E-state index is -0.145. The normalized spacial score (nSPS) is 10.7. The fraction of sp³-hybridized carbons (Fsp3) is 0.100. The summed E-state index contributed by atoms with van der Waals surface area (Å²) in [6.07, 6.45) is 0. The van der Waals surface area contributed by atoms with Gasteiger partial charge < -0.3 is 19.2 Å².